The van der Waals surface area contributed by atoms with Crippen molar-refractivity contribution in [3.05, 3.63) is 33.9 Å². The average Bonchev–Trinajstić information content (AvgIpc) is 2.55. The van der Waals surface area contributed by atoms with E-state index in [1.54, 1.807) is 12.1 Å². The van der Waals surface area contributed by atoms with Crippen molar-refractivity contribution < 1.29 is 13.2 Å². The second kappa shape index (κ2) is 4.32. The number of aromatic nitrogens is 1. The van der Waals surface area contributed by atoms with Crippen molar-refractivity contribution in [2.24, 2.45) is 7.05 Å². The molecule has 0 saturated heterocycles. The Labute approximate surface area is 110 Å². The molecule has 0 fully saturated rings. The molecule has 6 heteroatoms. The molecule has 1 heterocycles. The Morgan fingerprint density at radius 2 is 2.06 bits per heavy atom. The Morgan fingerprint density at radius 3 is 2.61 bits per heavy atom. The maximum Gasteiger partial charge on any atom is 0.394 e. The number of hydrogen-bond donors (Lipinski definition) is 0. The van der Waals surface area contributed by atoms with Gasteiger partial charge in [-0.3, -0.25) is 0 Å². The van der Waals surface area contributed by atoms with Crippen LogP contribution in [0.2, 0.25) is 0 Å². The van der Waals surface area contributed by atoms with Gasteiger partial charge in [-0.25, -0.2) is 0 Å². The van der Waals surface area contributed by atoms with Gasteiger partial charge in [0.15, 0.2) is 0 Å². The molecule has 0 saturated carbocycles. The summed E-state index contributed by atoms with van der Waals surface area (Å²) >= 11 is 3.22. The molecule has 0 atom stereocenters. The molecule has 0 unspecified atom stereocenters. The predicted octanol–water partition coefficient (Wildman–Crippen LogP) is 3.92. The summed E-state index contributed by atoms with van der Waals surface area (Å²) in [5.74, 6) is 0. The zero-order valence-electron chi connectivity index (χ0n) is 9.35. The van der Waals surface area contributed by atoms with Crippen molar-refractivity contribution in [1.82, 2.24) is 4.57 Å². The van der Waals surface area contributed by atoms with Crippen LogP contribution in [0.3, 0.4) is 0 Å². The molecule has 94 valence electrons. The van der Waals surface area contributed by atoms with Gasteiger partial charge in [0.25, 0.3) is 0 Å². The molecular weight excluding hydrogens is 309 g/mol. The fourth-order valence-electron chi connectivity index (χ4n) is 1.96. The van der Waals surface area contributed by atoms with E-state index in [0.29, 0.717) is 20.9 Å². The maximum atomic E-state index is 12.4. The van der Waals surface area contributed by atoms with Crippen molar-refractivity contribution in [1.29, 1.82) is 5.26 Å². The summed E-state index contributed by atoms with van der Waals surface area (Å²) in [7, 11) is 1.54. The highest BCUT2D eigenvalue weighted by Crippen LogP contribution is 2.30. The van der Waals surface area contributed by atoms with Crippen molar-refractivity contribution in [2.75, 3.05) is 0 Å². The molecule has 0 N–H and O–H groups in total. The van der Waals surface area contributed by atoms with Crippen LogP contribution in [0.5, 0.6) is 0 Å². The molecule has 2 rings (SSSR count). The topological polar surface area (TPSA) is 28.7 Å². The highest BCUT2D eigenvalue weighted by atomic mass is 79.9. The molecule has 0 spiro atoms. The zero-order chi connectivity index (χ0) is 13.5. The molecule has 0 bridgehead atoms. The van der Waals surface area contributed by atoms with Crippen LogP contribution in [-0.4, -0.2) is 10.7 Å². The summed E-state index contributed by atoms with van der Waals surface area (Å²) in [5, 5.41) is 9.70. The average molecular weight is 317 g/mol. The Bertz CT molecular complexity index is 650. The third-order valence-electron chi connectivity index (χ3n) is 2.74. The highest BCUT2D eigenvalue weighted by Gasteiger charge is 2.29. The minimum Gasteiger partial charge on any atom is -0.346 e. The van der Waals surface area contributed by atoms with Gasteiger partial charge in [0.1, 0.15) is 6.07 Å². The summed E-state index contributed by atoms with van der Waals surface area (Å²) in [6, 6.07) is 6.83. The molecule has 1 aromatic carbocycles. The Kier molecular flexibility index (Phi) is 3.11. The summed E-state index contributed by atoms with van der Waals surface area (Å²) in [6.07, 6.45) is -5.26. The number of hydrogen-bond acceptors (Lipinski definition) is 1. The van der Waals surface area contributed by atoms with Crippen LogP contribution in [0.15, 0.2) is 22.7 Å². The summed E-state index contributed by atoms with van der Waals surface area (Å²) in [6.45, 7) is 0. The molecule has 0 aliphatic rings. The number of rotatable bonds is 1. The molecule has 0 aliphatic carbocycles. The molecule has 18 heavy (non-hydrogen) atoms. The molecule has 0 aliphatic heterocycles. The fourth-order valence-corrected chi connectivity index (χ4v) is 2.37. The summed E-state index contributed by atoms with van der Waals surface area (Å²) in [4.78, 5) is 0. The summed E-state index contributed by atoms with van der Waals surface area (Å²) < 4.78 is 39.3. The second-order valence-corrected chi connectivity index (χ2v) is 4.81. The third-order valence-corrected chi connectivity index (χ3v) is 3.40. The number of benzene rings is 1. The Hall–Kier alpha value is -1.48. The number of aryl methyl sites for hydroxylation is 1. The smallest absolute Gasteiger partial charge is 0.346 e. The van der Waals surface area contributed by atoms with E-state index in [9.17, 15) is 13.2 Å². The Morgan fingerprint density at radius 1 is 1.39 bits per heavy atom. The van der Waals surface area contributed by atoms with Gasteiger partial charge < -0.3 is 4.57 Å². The van der Waals surface area contributed by atoms with Crippen molar-refractivity contribution in [2.45, 2.75) is 12.6 Å². The van der Waals surface area contributed by atoms with Crippen LogP contribution < -0.4 is 0 Å². The lowest BCUT2D eigenvalue weighted by atomic mass is 10.1. The van der Waals surface area contributed by atoms with Crippen LogP contribution in [0, 0.1) is 11.3 Å². The van der Waals surface area contributed by atoms with Crippen molar-refractivity contribution >= 4 is 26.8 Å². The lowest BCUT2D eigenvalue weighted by molar-refractivity contribution is -0.128. The predicted molar refractivity (Wildman–Crippen MR) is 65.1 cm³/mol. The second-order valence-electron chi connectivity index (χ2n) is 3.96. The van der Waals surface area contributed by atoms with Crippen LogP contribution in [0.1, 0.15) is 11.3 Å². The van der Waals surface area contributed by atoms with E-state index in [1.807, 2.05) is 6.07 Å². The number of fused-ring (bicyclic) bond motifs is 1. The monoisotopic (exact) mass is 316 g/mol. The van der Waals surface area contributed by atoms with Crippen molar-refractivity contribution in [3.8, 4) is 6.07 Å². The first kappa shape index (κ1) is 13.0. The number of nitriles is 1. The quantitative estimate of drug-likeness (QED) is 0.784. The Balaban J connectivity index is 2.68. The standard InChI is InChI=1S/C12H8BrF3N2/c1-18-8(5-12(14,15)16)4-7-2-3-10(13)9(6-17)11(7)18/h2-4H,5H2,1H3. The van der Waals surface area contributed by atoms with Crippen molar-refractivity contribution in [3.63, 3.8) is 0 Å². The number of nitrogens with zero attached hydrogens (tertiary/aromatic N) is 2. The molecule has 2 nitrogen and oxygen atoms in total. The van der Waals surface area contributed by atoms with Crippen LogP contribution in [0.4, 0.5) is 13.2 Å². The molecule has 2 aromatic rings. The van der Waals surface area contributed by atoms with Crippen LogP contribution in [0.25, 0.3) is 10.9 Å². The molecule has 0 amide bonds. The first-order chi connectivity index (χ1) is 8.33. The van der Waals surface area contributed by atoms with Gasteiger partial charge >= 0.3 is 6.18 Å². The van der Waals surface area contributed by atoms with Gasteiger partial charge in [0.05, 0.1) is 17.5 Å². The van der Waals surface area contributed by atoms with Crippen LogP contribution >= 0.6 is 15.9 Å². The normalized spacial score (nSPS) is 11.8. The molecular formula is C12H8BrF3N2. The zero-order valence-corrected chi connectivity index (χ0v) is 10.9. The van der Waals surface area contributed by atoms with Gasteiger partial charge in [-0.15, -0.1) is 0 Å². The van der Waals surface area contributed by atoms with E-state index in [0.717, 1.165) is 0 Å². The molecule has 1 aromatic heterocycles. The van der Waals surface area contributed by atoms with Gasteiger partial charge in [0.2, 0.25) is 0 Å². The highest BCUT2D eigenvalue weighted by molar-refractivity contribution is 9.10. The SMILES string of the molecule is Cn1c(CC(F)(F)F)cc2ccc(Br)c(C#N)c21. The number of halogens is 4. The summed E-state index contributed by atoms with van der Waals surface area (Å²) in [5.41, 5.74) is 1.02. The van der Waals surface area contributed by atoms with Gasteiger partial charge in [0, 0.05) is 22.6 Å². The minimum atomic E-state index is -4.26. The van der Waals surface area contributed by atoms with Gasteiger partial charge in [-0.05, 0) is 28.1 Å². The van der Waals surface area contributed by atoms with E-state index >= 15 is 0 Å². The minimum absolute atomic E-state index is 0.145. The van der Waals surface area contributed by atoms with E-state index in [4.69, 9.17) is 5.26 Å². The van der Waals surface area contributed by atoms with Gasteiger partial charge in [-0.1, -0.05) is 6.07 Å². The van der Waals surface area contributed by atoms with Crippen LogP contribution in [-0.2, 0) is 13.5 Å². The van der Waals surface area contributed by atoms with E-state index in [1.165, 1.54) is 17.7 Å². The first-order valence-corrected chi connectivity index (χ1v) is 5.86. The third kappa shape index (κ3) is 2.23. The maximum absolute atomic E-state index is 12.4. The first-order valence-electron chi connectivity index (χ1n) is 5.07. The number of alkyl halides is 3. The molecule has 0 radical (unpaired) electrons. The van der Waals surface area contributed by atoms with E-state index in [2.05, 4.69) is 15.9 Å². The lowest BCUT2D eigenvalue weighted by Gasteiger charge is -2.08. The van der Waals surface area contributed by atoms with E-state index in [-0.39, 0.29) is 5.69 Å². The fraction of sp³-hybridized carbons (Fsp3) is 0.250. The van der Waals surface area contributed by atoms with Gasteiger partial charge in [-0.2, -0.15) is 18.4 Å². The van der Waals surface area contributed by atoms with E-state index < -0.39 is 12.6 Å². The largest absolute Gasteiger partial charge is 0.394 e. The lowest BCUT2D eigenvalue weighted by Crippen LogP contribution is -2.14.